The van der Waals surface area contributed by atoms with Crippen molar-refractivity contribution >= 4 is 39.2 Å². The summed E-state index contributed by atoms with van der Waals surface area (Å²) in [5.74, 6) is 0.813. The van der Waals surface area contributed by atoms with Crippen molar-refractivity contribution in [2.24, 2.45) is 7.05 Å². The molecule has 0 aliphatic carbocycles. The van der Waals surface area contributed by atoms with Crippen molar-refractivity contribution in [2.45, 2.75) is 6.61 Å². The molecule has 4 aromatic heterocycles. The van der Waals surface area contributed by atoms with E-state index in [2.05, 4.69) is 20.2 Å². The van der Waals surface area contributed by atoms with Gasteiger partial charge in [-0.2, -0.15) is 0 Å². The van der Waals surface area contributed by atoms with Crippen molar-refractivity contribution in [1.29, 1.82) is 0 Å². The smallest absolute Gasteiger partial charge is 0.326 e. The van der Waals surface area contributed by atoms with E-state index in [4.69, 9.17) is 4.74 Å². The molecular formula is C16H15N7O3S. The number of aromatic nitrogens is 6. The Balaban J connectivity index is 1.54. The second kappa shape index (κ2) is 6.76. The molecule has 0 bridgehead atoms. The van der Waals surface area contributed by atoms with Gasteiger partial charge in [-0.1, -0.05) is 0 Å². The highest BCUT2D eigenvalue weighted by atomic mass is 32.1. The predicted molar refractivity (Wildman–Crippen MR) is 98.7 cm³/mol. The van der Waals surface area contributed by atoms with Crippen LogP contribution in [0.3, 0.4) is 0 Å². The lowest BCUT2D eigenvalue weighted by molar-refractivity contribution is -0.143. The second-order valence-electron chi connectivity index (χ2n) is 5.82. The molecule has 4 rings (SSSR count). The average molecular weight is 385 g/mol. The first-order valence-corrected chi connectivity index (χ1v) is 8.88. The number of aryl methyl sites for hydroxylation is 1. The topological polar surface area (TPSA) is 108 Å². The van der Waals surface area contributed by atoms with E-state index < -0.39 is 5.97 Å². The molecule has 0 saturated carbocycles. The van der Waals surface area contributed by atoms with Crippen LogP contribution in [0.4, 0.5) is 5.95 Å². The number of rotatable bonds is 5. The molecule has 0 radical (unpaired) electrons. The summed E-state index contributed by atoms with van der Waals surface area (Å²) in [6, 6.07) is 3.52. The van der Waals surface area contributed by atoms with E-state index in [0.29, 0.717) is 27.8 Å². The first-order chi connectivity index (χ1) is 13.1. The van der Waals surface area contributed by atoms with Gasteiger partial charge in [0.05, 0.1) is 5.52 Å². The van der Waals surface area contributed by atoms with Gasteiger partial charge in [0.2, 0.25) is 11.7 Å². The van der Waals surface area contributed by atoms with Crippen molar-refractivity contribution in [2.75, 3.05) is 18.5 Å². The molecule has 0 saturated heterocycles. The molecule has 0 atom stereocenters. The van der Waals surface area contributed by atoms with E-state index >= 15 is 0 Å². The Kier molecular flexibility index (Phi) is 4.28. The van der Waals surface area contributed by atoms with Crippen molar-refractivity contribution in [1.82, 2.24) is 29.1 Å². The Bertz CT molecular complexity index is 1180. The molecule has 0 amide bonds. The molecule has 138 valence electrons. The minimum atomic E-state index is -0.451. The van der Waals surface area contributed by atoms with Crippen LogP contribution in [0.5, 0.6) is 0 Å². The van der Waals surface area contributed by atoms with E-state index in [0.717, 1.165) is 0 Å². The largest absolute Gasteiger partial charge is 0.456 e. The number of thiophene rings is 1. The van der Waals surface area contributed by atoms with Crippen LogP contribution in [0.2, 0.25) is 0 Å². The molecule has 0 aromatic carbocycles. The average Bonchev–Trinajstić information content (AvgIpc) is 3.32. The van der Waals surface area contributed by atoms with Gasteiger partial charge in [-0.05, 0) is 17.5 Å². The minimum Gasteiger partial charge on any atom is -0.456 e. The maximum atomic E-state index is 12.3. The summed E-state index contributed by atoms with van der Waals surface area (Å²) in [5.41, 5.74) is 0.567. The number of hydrogen-bond acceptors (Lipinski definition) is 9. The van der Waals surface area contributed by atoms with Crippen molar-refractivity contribution in [3.63, 3.8) is 0 Å². The maximum absolute atomic E-state index is 12.3. The van der Waals surface area contributed by atoms with Crippen LogP contribution in [0.15, 0.2) is 34.7 Å². The predicted octanol–water partition coefficient (Wildman–Crippen LogP) is 0.612. The van der Waals surface area contributed by atoms with Crippen LogP contribution in [-0.4, -0.2) is 48.7 Å². The molecule has 10 nitrogen and oxygen atoms in total. The van der Waals surface area contributed by atoms with Crippen LogP contribution < -0.4 is 10.5 Å². The summed E-state index contributed by atoms with van der Waals surface area (Å²) in [6.45, 7) is -0.0697. The molecule has 11 heteroatoms. The van der Waals surface area contributed by atoms with Crippen LogP contribution in [0.25, 0.3) is 16.0 Å². The number of carbonyl (C=O) groups is 1. The Morgan fingerprint density at radius 2 is 2.07 bits per heavy atom. The Labute approximate surface area is 156 Å². The van der Waals surface area contributed by atoms with Gasteiger partial charge in [0.15, 0.2) is 12.4 Å². The van der Waals surface area contributed by atoms with Crippen molar-refractivity contribution < 1.29 is 9.53 Å². The fraction of sp³-hybridized carbons (Fsp3) is 0.250. The third kappa shape index (κ3) is 3.01. The van der Waals surface area contributed by atoms with Gasteiger partial charge in [-0.15, -0.1) is 21.5 Å². The SMILES string of the molecule is CN(CC(=O)OCc1nnc2n(C)c(=O)c3sccc3n12)c1ncccn1. The number of nitrogens with zero attached hydrogens (tertiary/aromatic N) is 7. The number of hydrogen-bond donors (Lipinski definition) is 0. The summed E-state index contributed by atoms with van der Waals surface area (Å²) >= 11 is 1.35. The highest BCUT2D eigenvalue weighted by Gasteiger charge is 2.17. The quantitative estimate of drug-likeness (QED) is 0.460. The molecule has 4 aromatic rings. The molecule has 0 aliphatic heterocycles. The number of carbonyl (C=O) groups excluding carboxylic acids is 1. The minimum absolute atomic E-state index is 0.00685. The standard InChI is InChI=1S/C16H15N7O3S/c1-21(15-17-5-3-6-18-15)8-12(24)26-9-11-19-20-16-22(2)14(25)13-10(23(11)16)4-7-27-13/h3-7H,8-9H2,1-2H3. The Morgan fingerprint density at radius 1 is 1.30 bits per heavy atom. The molecular weight excluding hydrogens is 370 g/mol. The normalized spacial score (nSPS) is 11.2. The third-order valence-corrected chi connectivity index (χ3v) is 4.91. The van der Waals surface area contributed by atoms with Gasteiger partial charge in [0.25, 0.3) is 5.56 Å². The highest BCUT2D eigenvalue weighted by Crippen LogP contribution is 2.19. The van der Waals surface area contributed by atoms with Crippen LogP contribution >= 0.6 is 11.3 Å². The maximum Gasteiger partial charge on any atom is 0.326 e. The fourth-order valence-electron chi connectivity index (χ4n) is 2.69. The molecule has 0 spiro atoms. The molecule has 4 heterocycles. The number of anilines is 1. The fourth-order valence-corrected chi connectivity index (χ4v) is 3.54. The molecule has 0 N–H and O–H groups in total. The lowest BCUT2D eigenvalue weighted by atomic mass is 10.4. The molecule has 0 unspecified atom stereocenters. The van der Waals surface area contributed by atoms with Crippen molar-refractivity contribution in [3.8, 4) is 0 Å². The van der Waals surface area contributed by atoms with Crippen molar-refractivity contribution in [3.05, 3.63) is 46.1 Å². The summed E-state index contributed by atoms with van der Waals surface area (Å²) in [5, 5.41) is 9.96. The lowest BCUT2D eigenvalue weighted by Crippen LogP contribution is -2.28. The monoisotopic (exact) mass is 385 g/mol. The van der Waals surface area contributed by atoms with Crippen LogP contribution in [0, 0.1) is 0 Å². The van der Waals surface area contributed by atoms with E-state index in [-0.39, 0.29) is 18.7 Å². The molecule has 0 aliphatic rings. The summed E-state index contributed by atoms with van der Waals surface area (Å²) in [4.78, 5) is 34.2. The van der Waals surface area contributed by atoms with E-state index in [1.165, 1.54) is 15.9 Å². The summed E-state index contributed by atoms with van der Waals surface area (Å²) < 4.78 is 9.09. The zero-order valence-corrected chi connectivity index (χ0v) is 15.4. The van der Waals surface area contributed by atoms with E-state index in [1.54, 1.807) is 41.9 Å². The summed E-state index contributed by atoms with van der Waals surface area (Å²) in [7, 11) is 3.34. The van der Waals surface area contributed by atoms with Gasteiger partial charge in [-0.3, -0.25) is 18.6 Å². The van der Waals surface area contributed by atoms with Gasteiger partial charge < -0.3 is 9.64 Å². The molecule has 27 heavy (non-hydrogen) atoms. The second-order valence-corrected chi connectivity index (χ2v) is 6.73. The highest BCUT2D eigenvalue weighted by molar-refractivity contribution is 7.17. The van der Waals surface area contributed by atoms with E-state index in [1.807, 2.05) is 11.4 Å². The van der Waals surface area contributed by atoms with E-state index in [9.17, 15) is 9.59 Å². The van der Waals surface area contributed by atoms with Gasteiger partial charge >= 0.3 is 5.97 Å². The summed E-state index contributed by atoms with van der Waals surface area (Å²) in [6.07, 6.45) is 3.20. The van der Waals surface area contributed by atoms with Crippen LogP contribution in [-0.2, 0) is 23.2 Å². The van der Waals surface area contributed by atoms with Gasteiger partial charge in [0, 0.05) is 26.5 Å². The molecule has 0 fully saturated rings. The lowest BCUT2D eigenvalue weighted by Gasteiger charge is -2.15. The number of esters is 1. The van der Waals surface area contributed by atoms with Gasteiger partial charge in [-0.25, -0.2) is 9.97 Å². The Morgan fingerprint density at radius 3 is 2.85 bits per heavy atom. The van der Waals surface area contributed by atoms with Crippen LogP contribution in [0.1, 0.15) is 5.82 Å². The Hall–Kier alpha value is -3.34. The number of fused-ring (bicyclic) bond motifs is 3. The first kappa shape index (κ1) is 17.1. The zero-order chi connectivity index (χ0) is 19.0. The van der Waals surface area contributed by atoms with Gasteiger partial charge in [0.1, 0.15) is 11.2 Å². The number of ether oxygens (including phenoxy) is 1. The third-order valence-electron chi connectivity index (χ3n) is 4.02. The zero-order valence-electron chi connectivity index (χ0n) is 14.6. The number of likely N-dealkylation sites (N-methyl/N-ethyl adjacent to an activating group) is 1. The first-order valence-electron chi connectivity index (χ1n) is 8.00.